The second kappa shape index (κ2) is 8.63. The first kappa shape index (κ1) is 21.8. The van der Waals surface area contributed by atoms with Crippen LogP contribution in [0.25, 0.3) is 28.2 Å². The van der Waals surface area contributed by atoms with Gasteiger partial charge < -0.3 is 5.73 Å². The van der Waals surface area contributed by atoms with Gasteiger partial charge in [-0.1, -0.05) is 29.8 Å². The Labute approximate surface area is 186 Å². The molecule has 3 heterocycles. The molecule has 164 valence electrons. The molecule has 0 saturated heterocycles. The second-order valence-corrected chi connectivity index (χ2v) is 7.85. The van der Waals surface area contributed by atoms with E-state index in [0.29, 0.717) is 27.6 Å². The summed E-state index contributed by atoms with van der Waals surface area (Å²) in [6.45, 7) is 0. The van der Waals surface area contributed by atoms with E-state index < -0.39 is 24.8 Å². The number of nitrogens with two attached hydrogens (primary N) is 1. The molecule has 0 radical (unpaired) electrons. The van der Waals surface area contributed by atoms with Gasteiger partial charge in [0.05, 0.1) is 34.7 Å². The summed E-state index contributed by atoms with van der Waals surface area (Å²) >= 11 is 5.92. The summed E-state index contributed by atoms with van der Waals surface area (Å²) in [6, 6.07) is 12.5. The number of anilines is 1. The van der Waals surface area contributed by atoms with Gasteiger partial charge in [0.25, 0.3) is 0 Å². The molecule has 2 N–H and O–H groups in total. The van der Waals surface area contributed by atoms with Crippen molar-refractivity contribution in [3.8, 4) is 22.5 Å². The molecular weight excluding hydrogens is 441 g/mol. The molecule has 9 heteroatoms. The van der Waals surface area contributed by atoms with Gasteiger partial charge in [0.2, 0.25) is 0 Å². The molecule has 0 saturated carbocycles. The van der Waals surface area contributed by atoms with E-state index >= 15 is 0 Å². The maximum absolute atomic E-state index is 12.4. The number of hydrogen-bond donors (Lipinski definition) is 1. The smallest absolute Gasteiger partial charge is 0.389 e. The second-order valence-electron chi connectivity index (χ2n) is 7.41. The highest BCUT2D eigenvalue weighted by Gasteiger charge is 2.27. The number of nitrogens with zero attached hydrogens (tertiary/aromatic N) is 3. The highest BCUT2D eigenvalue weighted by atomic mass is 35.5. The number of halogens is 4. The number of rotatable bonds is 6. The predicted molar refractivity (Wildman–Crippen MR) is 117 cm³/mol. The topological polar surface area (TPSA) is 73.3 Å². The van der Waals surface area contributed by atoms with Crippen LogP contribution >= 0.6 is 11.6 Å². The first-order valence-electron chi connectivity index (χ1n) is 9.76. The molecule has 4 rings (SSSR count). The van der Waals surface area contributed by atoms with Crippen molar-refractivity contribution in [2.75, 3.05) is 5.73 Å². The summed E-state index contributed by atoms with van der Waals surface area (Å²) in [5, 5.41) is 0.451. The summed E-state index contributed by atoms with van der Waals surface area (Å²) in [7, 11) is 0. The third kappa shape index (κ3) is 4.91. The average molecular weight is 459 g/mol. The number of ketones is 1. The summed E-state index contributed by atoms with van der Waals surface area (Å²) < 4.78 is 38.9. The number of aromatic nitrogens is 3. The van der Waals surface area contributed by atoms with Gasteiger partial charge >= 0.3 is 6.18 Å². The molecule has 0 unspecified atom stereocenters. The van der Waals surface area contributed by atoms with E-state index in [1.165, 1.54) is 6.20 Å². The van der Waals surface area contributed by atoms with Crippen molar-refractivity contribution in [3.05, 3.63) is 71.6 Å². The minimum Gasteiger partial charge on any atom is -0.397 e. The van der Waals surface area contributed by atoms with Crippen LogP contribution in [-0.2, 0) is 11.2 Å². The van der Waals surface area contributed by atoms with Crippen LogP contribution in [-0.4, -0.2) is 26.3 Å². The molecule has 32 heavy (non-hydrogen) atoms. The highest BCUT2D eigenvalue weighted by Crippen LogP contribution is 2.29. The van der Waals surface area contributed by atoms with Crippen molar-refractivity contribution >= 4 is 28.7 Å². The molecule has 5 nitrogen and oxygen atoms in total. The van der Waals surface area contributed by atoms with E-state index in [2.05, 4.69) is 9.97 Å². The molecule has 0 aliphatic rings. The molecule has 0 amide bonds. The van der Waals surface area contributed by atoms with E-state index in [1.54, 1.807) is 30.5 Å². The number of fused-ring (bicyclic) bond motifs is 1. The molecule has 0 aliphatic heterocycles. The standard InChI is InChI=1S/C23H18ClF3N4O/c24-17-11-19(28)22(30-12-17)16-5-7-31-20(13-29-21(31)10-16)15-3-1-2-14(8-15)9-18(32)4-6-23(25,26)27/h1-3,5,7-8,10-13H,4,6,9,28H2. The molecule has 0 aliphatic carbocycles. The first-order chi connectivity index (χ1) is 15.2. The Morgan fingerprint density at radius 3 is 2.62 bits per heavy atom. The van der Waals surface area contributed by atoms with Gasteiger partial charge in [-0.3, -0.25) is 14.2 Å². The Kier molecular flexibility index (Phi) is 5.88. The van der Waals surface area contributed by atoms with Crippen LogP contribution in [0.4, 0.5) is 18.9 Å². The summed E-state index contributed by atoms with van der Waals surface area (Å²) in [4.78, 5) is 20.7. The van der Waals surface area contributed by atoms with Crippen molar-refractivity contribution in [2.24, 2.45) is 0 Å². The molecule has 0 spiro atoms. The third-order valence-electron chi connectivity index (χ3n) is 4.98. The summed E-state index contributed by atoms with van der Waals surface area (Å²) in [6.07, 6.45) is -0.949. The lowest BCUT2D eigenvalue weighted by atomic mass is 10.0. The monoisotopic (exact) mass is 458 g/mol. The summed E-state index contributed by atoms with van der Waals surface area (Å²) in [5.41, 5.74) is 10.8. The Morgan fingerprint density at radius 2 is 1.88 bits per heavy atom. The van der Waals surface area contributed by atoms with Crippen LogP contribution in [0.5, 0.6) is 0 Å². The molecule has 0 atom stereocenters. The van der Waals surface area contributed by atoms with Crippen LogP contribution in [0.3, 0.4) is 0 Å². The number of nitrogen functional groups attached to an aromatic ring is 1. The molecule has 0 fully saturated rings. The molecule has 3 aromatic heterocycles. The zero-order chi connectivity index (χ0) is 22.9. The van der Waals surface area contributed by atoms with Crippen molar-refractivity contribution in [3.63, 3.8) is 0 Å². The fourth-order valence-electron chi connectivity index (χ4n) is 3.48. The van der Waals surface area contributed by atoms with E-state index in [4.69, 9.17) is 17.3 Å². The number of carbonyl (C=O) groups excluding carboxylic acids is 1. The number of alkyl halides is 3. The average Bonchev–Trinajstić information content (AvgIpc) is 3.15. The van der Waals surface area contributed by atoms with Crippen LogP contribution in [0.15, 0.2) is 61.1 Å². The number of benzene rings is 1. The largest absolute Gasteiger partial charge is 0.397 e. The highest BCUT2D eigenvalue weighted by molar-refractivity contribution is 6.30. The molecule has 4 aromatic rings. The van der Waals surface area contributed by atoms with Crippen molar-refractivity contribution in [1.82, 2.24) is 14.4 Å². The van der Waals surface area contributed by atoms with E-state index in [1.807, 2.05) is 28.8 Å². The van der Waals surface area contributed by atoms with Gasteiger partial charge in [0, 0.05) is 36.4 Å². The van der Waals surface area contributed by atoms with Crippen molar-refractivity contribution < 1.29 is 18.0 Å². The number of pyridine rings is 2. The normalized spacial score (nSPS) is 11.8. The number of hydrogen-bond acceptors (Lipinski definition) is 4. The number of Topliss-reactive ketones (excluding diaryl/α,β-unsaturated/α-hetero) is 1. The quantitative estimate of drug-likeness (QED) is 0.399. The molecule has 1 aromatic carbocycles. The lowest BCUT2D eigenvalue weighted by Gasteiger charge is -2.08. The van der Waals surface area contributed by atoms with E-state index in [9.17, 15) is 18.0 Å². The number of carbonyl (C=O) groups is 1. The van der Waals surface area contributed by atoms with E-state index in [-0.39, 0.29) is 6.42 Å². The third-order valence-corrected chi connectivity index (χ3v) is 5.19. The van der Waals surface area contributed by atoms with Gasteiger partial charge in [-0.2, -0.15) is 13.2 Å². The zero-order valence-corrected chi connectivity index (χ0v) is 17.5. The van der Waals surface area contributed by atoms with Gasteiger partial charge in [-0.15, -0.1) is 0 Å². The Hall–Kier alpha value is -3.39. The minimum absolute atomic E-state index is 0.0493. The lowest BCUT2D eigenvalue weighted by Crippen LogP contribution is -2.12. The van der Waals surface area contributed by atoms with Crippen molar-refractivity contribution in [1.29, 1.82) is 0 Å². The SMILES string of the molecule is Nc1cc(Cl)cnc1-c1ccn2c(-c3cccc(CC(=O)CCC(F)(F)F)c3)cnc2c1. The molecule has 0 bridgehead atoms. The Bertz CT molecular complexity index is 1300. The van der Waals surface area contributed by atoms with Gasteiger partial charge in [0.1, 0.15) is 11.4 Å². The zero-order valence-electron chi connectivity index (χ0n) is 16.7. The summed E-state index contributed by atoms with van der Waals surface area (Å²) in [5.74, 6) is -0.449. The van der Waals surface area contributed by atoms with E-state index in [0.717, 1.165) is 16.8 Å². The van der Waals surface area contributed by atoms with Crippen LogP contribution < -0.4 is 5.73 Å². The fourth-order valence-corrected chi connectivity index (χ4v) is 3.64. The first-order valence-corrected chi connectivity index (χ1v) is 10.1. The lowest BCUT2D eigenvalue weighted by molar-refractivity contribution is -0.143. The maximum atomic E-state index is 12.4. The van der Waals surface area contributed by atoms with Crippen LogP contribution in [0, 0.1) is 0 Å². The maximum Gasteiger partial charge on any atom is 0.389 e. The Balaban J connectivity index is 1.59. The van der Waals surface area contributed by atoms with Crippen LogP contribution in [0.2, 0.25) is 5.02 Å². The number of imidazole rings is 1. The minimum atomic E-state index is -4.33. The van der Waals surface area contributed by atoms with Gasteiger partial charge in [-0.25, -0.2) is 4.98 Å². The fraction of sp³-hybridized carbons (Fsp3) is 0.174. The Morgan fingerprint density at radius 1 is 1.06 bits per heavy atom. The van der Waals surface area contributed by atoms with Gasteiger partial charge in [0.15, 0.2) is 0 Å². The van der Waals surface area contributed by atoms with Gasteiger partial charge in [-0.05, 0) is 29.8 Å². The van der Waals surface area contributed by atoms with Crippen LogP contribution in [0.1, 0.15) is 18.4 Å². The predicted octanol–water partition coefficient (Wildman–Crippen LogP) is 5.75. The molecular formula is C23H18ClF3N4O. The van der Waals surface area contributed by atoms with Crippen molar-refractivity contribution in [2.45, 2.75) is 25.4 Å².